The number of hydrogen-bond donors (Lipinski definition) is 1. The lowest BCUT2D eigenvalue weighted by molar-refractivity contribution is -0.116. The minimum atomic E-state index is -0.0668. The summed E-state index contributed by atoms with van der Waals surface area (Å²) >= 11 is 1.51. The fraction of sp³-hybridized carbons (Fsp3) is 0.227. The first-order chi connectivity index (χ1) is 14.6. The minimum Gasteiger partial charge on any atom is -0.497 e. The number of nitrogens with zero attached hydrogens (tertiary/aromatic N) is 3. The molecular weight excluding hydrogens is 400 g/mol. The first-order valence-electron chi connectivity index (χ1n) is 9.55. The Balaban J connectivity index is 1.62. The number of anilines is 1. The molecule has 0 aliphatic carbocycles. The van der Waals surface area contributed by atoms with E-state index < -0.39 is 0 Å². The number of aromatic nitrogens is 3. The van der Waals surface area contributed by atoms with Crippen molar-refractivity contribution in [2.75, 3.05) is 19.5 Å². The van der Waals surface area contributed by atoms with E-state index in [1.807, 2.05) is 49.4 Å². The number of methoxy groups -OCH3 is 2. The lowest BCUT2D eigenvalue weighted by atomic mass is 9.86. The van der Waals surface area contributed by atoms with Crippen LogP contribution < -0.4 is 14.8 Å². The molecule has 5 rings (SSSR count). The predicted molar refractivity (Wildman–Crippen MR) is 116 cm³/mol. The van der Waals surface area contributed by atoms with Crippen molar-refractivity contribution in [2.45, 2.75) is 19.3 Å². The second kappa shape index (κ2) is 7.14. The highest BCUT2D eigenvalue weighted by molar-refractivity contribution is 7.20. The van der Waals surface area contributed by atoms with Crippen molar-refractivity contribution in [3.8, 4) is 16.6 Å². The standard InChI is InChI=1S/C22H20N4O3S/c1-12-20-16(13-4-6-14(28-2)7-5-13)11-19(27)24-21(20)26(25-12)22-23-17-9-8-15(29-3)10-18(17)30-22/h4-10,16H,11H2,1-3H3,(H,24,27). The molecule has 2 aromatic heterocycles. The number of thiazole rings is 1. The van der Waals surface area contributed by atoms with Crippen LogP contribution in [0.4, 0.5) is 5.82 Å². The maximum Gasteiger partial charge on any atom is 0.226 e. The van der Waals surface area contributed by atoms with Gasteiger partial charge < -0.3 is 14.8 Å². The van der Waals surface area contributed by atoms with Gasteiger partial charge in [0.1, 0.15) is 17.3 Å². The molecule has 1 amide bonds. The zero-order chi connectivity index (χ0) is 20.8. The molecule has 152 valence electrons. The fourth-order valence-electron chi connectivity index (χ4n) is 3.92. The Morgan fingerprint density at radius 2 is 1.83 bits per heavy atom. The molecule has 8 heteroatoms. The van der Waals surface area contributed by atoms with Gasteiger partial charge in [-0.2, -0.15) is 9.78 Å². The van der Waals surface area contributed by atoms with Gasteiger partial charge in [-0.15, -0.1) is 0 Å². The third-order valence-corrected chi connectivity index (χ3v) is 6.38. The highest BCUT2D eigenvalue weighted by Gasteiger charge is 2.33. The number of carbonyl (C=O) groups is 1. The van der Waals surface area contributed by atoms with E-state index in [0.29, 0.717) is 17.4 Å². The second-order valence-corrected chi connectivity index (χ2v) is 8.18. The summed E-state index contributed by atoms with van der Waals surface area (Å²) in [6.45, 7) is 1.97. The van der Waals surface area contributed by atoms with Crippen LogP contribution in [0.3, 0.4) is 0 Å². The van der Waals surface area contributed by atoms with Gasteiger partial charge in [0.2, 0.25) is 11.0 Å². The molecule has 1 N–H and O–H groups in total. The van der Waals surface area contributed by atoms with Crippen LogP contribution in [-0.2, 0) is 4.79 Å². The Morgan fingerprint density at radius 1 is 1.10 bits per heavy atom. The third-order valence-electron chi connectivity index (χ3n) is 5.39. The van der Waals surface area contributed by atoms with E-state index in [2.05, 4.69) is 5.32 Å². The van der Waals surface area contributed by atoms with Gasteiger partial charge in [-0.05, 0) is 42.8 Å². The molecule has 0 saturated carbocycles. The summed E-state index contributed by atoms with van der Waals surface area (Å²) in [5.41, 5.74) is 3.83. The molecule has 3 heterocycles. The van der Waals surface area contributed by atoms with Crippen molar-refractivity contribution in [1.82, 2.24) is 14.8 Å². The van der Waals surface area contributed by atoms with E-state index in [4.69, 9.17) is 19.6 Å². The smallest absolute Gasteiger partial charge is 0.226 e. The molecular formula is C22H20N4O3S. The van der Waals surface area contributed by atoms with Crippen molar-refractivity contribution in [3.05, 3.63) is 59.3 Å². The predicted octanol–water partition coefficient (Wildman–Crippen LogP) is 4.28. The molecule has 0 bridgehead atoms. The molecule has 0 saturated heterocycles. The van der Waals surface area contributed by atoms with Gasteiger partial charge in [-0.25, -0.2) is 4.98 Å². The van der Waals surface area contributed by atoms with Crippen LogP contribution in [0.25, 0.3) is 15.3 Å². The topological polar surface area (TPSA) is 78.3 Å². The average molecular weight is 420 g/mol. The number of ether oxygens (including phenoxy) is 2. The lowest BCUT2D eigenvalue weighted by Gasteiger charge is -2.24. The molecule has 1 aliphatic heterocycles. The number of rotatable bonds is 4. The Morgan fingerprint density at radius 3 is 2.57 bits per heavy atom. The van der Waals surface area contributed by atoms with Crippen LogP contribution in [0.2, 0.25) is 0 Å². The molecule has 0 spiro atoms. The van der Waals surface area contributed by atoms with E-state index in [9.17, 15) is 4.79 Å². The van der Waals surface area contributed by atoms with E-state index in [1.54, 1.807) is 18.9 Å². The van der Waals surface area contributed by atoms with Crippen LogP contribution in [0.1, 0.15) is 29.2 Å². The lowest BCUT2D eigenvalue weighted by Crippen LogP contribution is -2.24. The molecule has 30 heavy (non-hydrogen) atoms. The molecule has 1 atom stereocenters. The number of fused-ring (bicyclic) bond motifs is 2. The van der Waals surface area contributed by atoms with Crippen molar-refractivity contribution < 1.29 is 14.3 Å². The first-order valence-corrected chi connectivity index (χ1v) is 10.4. The quantitative estimate of drug-likeness (QED) is 0.533. The zero-order valence-electron chi connectivity index (χ0n) is 16.8. The summed E-state index contributed by atoms with van der Waals surface area (Å²) in [5.74, 6) is 2.16. The normalized spacial score (nSPS) is 15.7. The highest BCUT2D eigenvalue weighted by atomic mass is 32.1. The SMILES string of the molecule is COc1ccc(C2CC(=O)Nc3c2c(C)nn3-c2nc3ccc(OC)cc3s2)cc1. The van der Waals surface area contributed by atoms with E-state index in [0.717, 1.165) is 38.5 Å². The number of amides is 1. The Hall–Kier alpha value is -3.39. The Kier molecular flexibility index (Phi) is 4.43. The molecule has 0 radical (unpaired) electrons. The maximum absolute atomic E-state index is 12.6. The van der Waals surface area contributed by atoms with Crippen LogP contribution in [0.5, 0.6) is 11.5 Å². The summed E-state index contributed by atoms with van der Waals surface area (Å²) in [5, 5.41) is 8.46. The summed E-state index contributed by atoms with van der Waals surface area (Å²) in [6.07, 6.45) is 0.378. The summed E-state index contributed by atoms with van der Waals surface area (Å²) < 4.78 is 13.3. The number of nitrogens with one attached hydrogen (secondary N) is 1. The Labute approximate surface area is 177 Å². The number of benzene rings is 2. The average Bonchev–Trinajstić information content (AvgIpc) is 3.33. The molecule has 1 aliphatic rings. The zero-order valence-corrected chi connectivity index (χ0v) is 17.6. The van der Waals surface area contributed by atoms with E-state index in [1.165, 1.54) is 11.3 Å². The number of carbonyl (C=O) groups excluding carboxylic acids is 1. The highest BCUT2D eigenvalue weighted by Crippen LogP contribution is 2.41. The molecule has 1 unspecified atom stereocenters. The molecule has 0 fully saturated rings. The van der Waals surface area contributed by atoms with Gasteiger partial charge in [0.15, 0.2) is 0 Å². The summed E-state index contributed by atoms with van der Waals surface area (Å²) in [6, 6.07) is 13.6. The van der Waals surface area contributed by atoms with Crippen LogP contribution in [-0.4, -0.2) is 34.9 Å². The van der Waals surface area contributed by atoms with Gasteiger partial charge in [0.25, 0.3) is 0 Å². The van der Waals surface area contributed by atoms with E-state index >= 15 is 0 Å². The van der Waals surface area contributed by atoms with Crippen molar-refractivity contribution in [1.29, 1.82) is 0 Å². The molecule has 4 aromatic rings. The van der Waals surface area contributed by atoms with Crippen molar-refractivity contribution >= 4 is 33.3 Å². The first kappa shape index (κ1) is 18.6. The third kappa shape index (κ3) is 3.00. The summed E-state index contributed by atoms with van der Waals surface area (Å²) in [4.78, 5) is 17.3. The number of hydrogen-bond acceptors (Lipinski definition) is 6. The minimum absolute atomic E-state index is 0.0350. The van der Waals surface area contributed by atoms with Gasteiger partial charge in [-0.3, -0.25) is 4.79 Å². The van der Waals surface area contributed by atoms with Crippen LogP contribution >= 0.6 is 11.3 Å². The van der Waals surface area contributed by atoms with Gasteiger partial charge in [-0.1, -0.05) is 23.5 Å². The Bertz CT molecular complexity index is 1260. The number of aryl methyl sites for hydroxylation is 1. The van der Waals surface area contributed by atoms with Crippen LogP contribution in [0.15, 0.2) is 42.5 Å². The largest absolute Gasteiger partial charge is 0.497 e. The van der Waals surface area contributed by atoms with Gasteiger partial charge in [0, 0.05) is 17.9 Å². The molecule has 7 nitrogen and oxygen atoms in total. The summed E-state index contributed by atoms with van der Waals surface area (Å²) in [7, 11) is 3.29. The maximum atomic E-state index is 12.6. The van der Waals surface area contributed by atoms with Crippen LogP contribution in [0, 0.1) is 6.92 Å². The van der Waals surface area contributed by atoms with Crippen molar-refractivity contribution in [3.63, 3.8) is 0 Å². The fourth-order valence-corrected chi connectivity index (χ4v) is 4.87. The molecule has 2 aromatic carbocycles. The second-order valence-electron chi connectivity index (χ2n) is 7.17. The van der Waals surface area contributed by atoms with E-state index in [-0.39, 0.29) is 11.8 Å². The van der Waals surface area contributed by atoms with Gasteiger partial charge in [0.05, 0.1) is 30.1 Å². The van der Waals surface area contributed by atoms with Gasteiger partial charge >= 0.3 is 0 Å². The monoisotopic (exact) mass is 420 g/mol. The van der Waals surface area contributed by atoms with Crippen molar-refractivity contribution in [2.24, 2.45) is 0 Å².